The molecule has 2 bridgehead atoms. The van der Waals surface area contributed by atoms with Crippen LogP contribution in [0.3, 0.4) is 0 Å². The highest BCUT2D eigenvalue weighted by molar-refractivity contribution is 7.09. The number of hydrogen-bond acceptors (Lipinski definition) is 4. The van der Waals surface area contributed by atoms with Gasteiger partial charge in [0.2, 0.25) is 0 Å². The average molecular weight is 363 g/mol. The van der Waals surface area contributed by atoms with Crippen LogP contribution in [-0.2, 0) is 16.6 Å². The average Bonchev–Trinajstić information content (AvgIpc) is 3.31. The van der Waals surface area contributed by atoms with Crippen LogP contribution in [0.4, 0.5) is 0 Å². The number of likely N-dealkylation sites (tertiary alicyclic amines) is 1. The Morgan fingerprint density at radius 3 is 2.56 bits per heavy atom. The molecular formula is C19H30N4OS. The molecule has 25 heavy (non-hydrogen) atoms. The number of nitrogens with one attached hydrogen (secondary N) is 1. The fourth-order valence-electron chi connectivity index (χ4n) is 4.52. The van der Waals surface area contributed by atoms with Crippen molar-refractivity contribution in [2.75, 3.05) is 26.7 Å². The van der Waals surface area contributed by atoms with Crippen LogP contribution in [0.15, 0.2) is 10.4 Å². The molecule has 3 aliphatic rings. The number of rotatable bonds is 3. The Bertz CT molecular complexity index is 632. The van der Waals surface area contributed by atoms with Gasteiger partial charge in [0.05, 0.1) is 22.9 Å². The second kappa shape index (κ2) is 6.54. The standard InChI is InChI=1S/C19H30N4OS/c1-19(2,3)16-11-25-17(22-16)7-8-21-18(20-4)23-9-12-13(10-23)15-6-5-14(12)24-15/h11-15H,5-10H2,1-4H3,(H,20,21). The molecule has 5 nitrogen and oxygen atoms in total. The van der Waals surface area contributed by atoms with Crippen molar-refractivity contribution in [2.24, 2.45) is 16.8 Å². The van der Waals surface area contributed by atoms with E-state index >= 15 is 0 Å². The zero-order chi connectivity index (χ0) is 17.6. The predicted molar refractivity (Wildman–Crippen MR) is 102 cm³/mol. The van der Waals surface area contributed by atoms with Gasteiger partial charge in [0.25, 0.3) is 0 Å². The molecule has 0 saturated carbocycles. The minimum atomic E-state index is 0.132. The van der Waals surface area contributed by atoms with E-state index in [0.29, 0.717) is 24.0 Å². The molecule has 4 rings (SSSR count). The van der Waals surface area contributed by atoms with Crippen LogP contribution in [0, 0.1) is 11.8 Å². The SMILES string of the molecule is CN=C(NCCc1nc(C(C)(C)C)cs1)N1CC2C3CCC(O3)C2C1. The number of aliphatic imine (C=N–C) groups is 1. The normalized spacial score (nSPS) is 31.7. The molecule has 4 atom stereocenters. The third kappa shape index (κ3) is 3.31. The van der Waals surface area contributed by atoms with Crippen molar-refractivity contribution in [1.29, 1.82) is 0 Å². The van der Waals surface area contributed by atoms with Crippen molar-refractivity contribution < 1.29 is 4.74 Å². The van der Waals surface area contributed by atoms with Gasteiger partial charge < -0.3 is 15.0 Å². The van der Waals surface area contributed by atoms with E-state index < -0.39 is 0 Å². The number of guanidine groups is 1. The first-order valence-corrected chi connectivity index (χ1v) is 10.4. The van der Waals surface area contributed by atoms with Crippen LogP contribution >= 0.6 is 11.3 Å². The summed E-state index contributed by atoms with van der Waals surface area (Å²) in [6.45, 7) is 9.72. The Morgan fingerprint density at radius 1 is 1.32 bits per heavy atom. The summed E-state index contributed by atoms with van der Waals surface area (Å²) in [7, 11) is 1.89. The second-order valence-electron chi connectivity index (χ2n) is 8.62. The summed E-state index contributed by atoms with van der Waals surface area (Å²) in [6, 6.07) is 0. The summed E-state index contributed by atoms with van der Waals surface area (Å²) in [5.41, 5.74) is 1.33. The highest BCUT2D eigenvalue weighted by atomic mass is 32.1. The monoisotopic (exact) mass is 362 g/mol. The molecular weight excluding hydrogens is 332 g/mol. The number of thiazole rings is 1. The Kier molecular flexibility index (Phi) is 4.52. The fourth-order valence-corrected chi connectivity index (χ4v) is 5.54. The molecule has 1 N–H and O–H groups in total. The van der Waals surface area contributed by atoms with E-state index in [2.05, 4.69) is 41.4 Å². The van der Waals surface area contributed by atoms with Gasteiger partial charge in [-0.05, 0) is 12.8 Å². The summed E-state index contributed by atoms with van der Waals surface area (Å²) in [6.07, 6.45) is 4.47. The topological polar surface area (TPSA) is 49.8 Å². The number of hydrogen-bond donors (Lipinski definition) is 1. The molecule has 4 heterocycles. The lowest BCUT2D eigenvalue weighted by Crippen LogP contribution is -2.42. The van der Waals surface area contributed by atoms with Gasteiger partial charge in [0, 0.05) is 55.7 Å². The van der Waals surface area contributed by atoms with Crippen LogP contribution in [0.2, 0.25) is 0 Å². The Morgan fingerprint density at radius 2 is 2.00 bits per heavy atom. The molecule has 1 aromatic heterocycles. The smallest absolute Gasteiger partial charge is 0.193 e. The second-order valence-corrected chi connectivity index (χ2v) is 9.57. The van der Waals surface area contributed by atoms with E-state index in [1.807, 2.05) is 7.05 Å². The maximum Gasteiger partial charge on any atom is 0.193 e. The molecule has 6 heteroatoms. The summed E-state index contributed by atoms with van der Waals surface area (Å²) < 4.78 is 6.08. The van der Waals surface area contributed by atoms with Crippen molar-refractivity contribution in [3.8, 4) is 0 Å². The number of nitrogens with zero attached hydrogens (tertiary/aromatic N) is 3. The van der Waals surface area contributed by atoms with Gasteiger partial charge in [-0.25, -0.2) is 4.98 Å². The maximum absolute atomic E-state index is 6.08. The highest BCUT2D eigenvalue weighted by Crippen LogP contribution is 2.47. The van der Waals surface area contributed by atoms with Crippen molar-refractivity contribution in [2.45, 2.75) is 57.7 Å². The highest BCUT2D eigenvalue weighted by Gasteiger charge is 2.53. The Balaban J connectivity index is 1.29. The van der Waals surface area contributed by atoms with E-state index in [1.165, 1.54) is 23.5 Å². The van der Waals surface area contributed by atoms with Crippen LogP contribution in [-0.4, -0.2) is 54.7 Å². The Labute approximate surface area is 154 Å². The largest absolute Gasteiger partial charge is 0.374 e. The maximum atomic E-state index is 6.08. The fraction of sp³-hybridized carbons (Fsp3) is 0.789. The first-order chi connectivity index (χ1) is 12.0. The molecule has 4 unspecified atom stereocenters. The third-order valence-corrected chi connectivity index (χ3v) is 6.81. The first-order valence-electron chi connectivity index (χ1n) is 9.51. The van der Waals surface area contributed by atoms with Crippen molar-refractivity contribution in [3.05, 3.63) is 16.1 Å². The zero-order valence-electron chi connectivity index (χ0n) is 15.8. The molecule has 0 aliphatic carbocycles. The van der Waals surface area contributed by atoms with Gasteiger partial charge in [-0.3, -0.25) is 4.99 Å². The Hall–Kier alpha value is -1.14. The predicted octanol–water partition coefficient (Wildman–Crippen LogP) is 2.67. The number of aromatic nitrogens is 1. The van der Waals surface area contributed by atoms with Crippen LogP contribution in [0.1, 0.15) is 44.3 Å². The van der Waals surface area contributed by atoms with Gasteiger partial charge in [-0.1, -0.05) is 20.8 Å². The van der Waals surface area contributed by atoms with E-state index in [4.69, 9.17) is 9.72 Å². The minimum Gasteiger partial charge on any atom is -0.374 e. The van der Waals surface area contributed by atoms with Gasteiger partial charge in [0.15, 0.2) is 5.96 Å². The molecule has 138 valence electrons. The first kappa shape index (κ1) is 17.3. The van der Waals surface area contributed by atoms with Gasteiger partial charge in [0.1, 0.15) is 0 Å². The molecule has 0 amide bonds. The third-order valence-electron chi connectivity index (χ3n) is 5.91. The van der Waals surface area contributed by atoms with Crippen LogP contribution in [0.25, 0.3) is 0 Å². The lowest BCUT2D eigenvalue weighted by atomic mass is 9.82. The molecule has 3 fully saturated rings. The molecule has 0 radical (unpaired) electrons. The van der Waals surface area contributed by atoms with Crippen LogP contribution < -0.4 is 5.32 Å². The molecule has 0 spiro atoms. The molecule has 3 saturated heterocycles. The molecule has 1 aromatic rings. The summed E-state index contributed by atoms with van der Waals surface area (Å²) in [5.74, 6) is 2.47. The summed E-state index contributed by atoms with van der Waals surface area (Å²) in [5, 5.41) is 6.95. The van der Waals surface area contributed by atoms with E-state index in [0.717, 1.165) is 32.0 Å². The van der Waals surface area contributed by atoms with E-state index in [9.17, 15) is 0 Å². The van der Waals surface area contributed by atoms with Gasteiger partial charge in [-0.15, -0.1) is 11.3 Å². The van der Waals surface area contributed by atoms with Crippen LogP contribution in [0.5, 0.6) is 0 Å². The summed E-state index contributed by atoms with van der Waals surface area (Å²) >= 11 is 1.77. The van der Waals surface area contributed by atoms with Crippen molar-refractivity contribution in [3.63, 3.8) is 0 Å². The zero-order valence-corrected chi connectivity index (χ0v) is 16.6. The van der Waals surface area contributed by atoms with E-state index in [-0.39, 0.29) is 5.41 Å². The minimum absolute atomic E-state index is 0.132. The summed E-state index contributed by atoms with van der Waals surface area (Å²) in [4.78, 5) is 11.7. The van der Waals surface area contributed by atoms with Crippen molar-refractivity contribution in [1.82, 2.24) is 15.2 Å². The van der Waals surface area contributed by atoms with Crippen molar-refractivity contribution >= 4 is 17.3 Å². The molecule has 0 aromatic carbocycles. The number of fused-ring (bicyclic) bond motifs is 5. The lowest BCUT2D eigenvalue weighted by Gasteiger charge is -2.23. The van der Waals surface area contributed by atoms with E-state index in [1.54, 1.807) is 11.3 Å². The molecule has 3 aliphatic heterocycles. The van der Waals surface area contributed by atoms with Gasteiger partial charge in [-0.2, -0.15) is 0 Å². The quantitative estimate of drug-likeness (QED) is 0.663. The van der Waals surface area contributed by atoms with Gasteiger partial charge >= 0.3 is 0 Å². The lowest BCUT2D eigenvalue weighted by molar-refractivity contribution is 0.0767. The number of ether oxygens (including phenoxy) is 1.